The van der Waals surface area contributed by atoms with E-state index in [2.05, 4.69) is 4.90 Å². The van der Waals surface area contributed by atoms with Gasteiger partial charge in [-0.3, -0.25) is 4.90 Å². The molecule has 1 saturated heterocycles. The highest BCUT2D eigenvalue weighted by atomic mass is 32.2. The van der Waals surface area contributed by atoms with Crippen LogP contribution in [0.2, 0.25) is 0 Å². The number of hydrogen-bond donors (Lipinski definition) is 1. The molecule has 0 bridgehead atoms. The zero-order chi connectivity index (χ0) is 10.9. The molecule has 2 aliphatic rings. The minimum atomic E-state index is -2.78. The highest BCUT2D eigenvalue weighted by Crippen LogP contribution is 2.23. The third kappa shape index (κ3) is 2.71. The third-order valence-corrected chi connectivity index (χ3v) is 5.31. The lowest BCUT2D eigenvalue weighted by Gasteiger charge is -2.29. The van der Waals surface area contributed by atoms with Gasteiger partial charge in [-0.1, -0.05) is 6.42 Å². The van der Waals surface area contributed by atoms with Crippen molar-refractivity contribution >= 4 is 9.84 Å². The Labute approximate surface area is 91.7 Å². The molecule has 4 nitrogen and oxygen atoms in total. The Balaban J connectivity index is 1.99. The van der Waals surface area contributed by atoms with Crippen LogP contribution >= 0.6 is 0 Å². The highest BCUT2D eigenvalue weighted by Gasteiger charge is 2.31. The minimum absolute atomic E-state index is 0.255. The predicted molar refractivity (Wildman–Crippen MR) is 60.5 cm³/mol. The lowest BCUT2D eigenvalue weighted by atomic mass is 10.1. The fourth-order valence-electron chi connectivity index (χ4n) is 2.71. The van der Waals surface area contributed by atoms with Crippen LogP contribution in [0.4, 0.5) is 0 Å². The van der Waals surface area contributed by atoms with E-state index in [1.54, 1.807) is 0 Å². The third-order valence-electron chi connectivity index (χ3n) is 3.59. The van der Waals surface area contributed by atoms with Gasteiger partial charge in [0.1, 0.15) is 0 Å². The van der Waals surface area contributed by atoms with E-state index >= 15 is 0 Å². The Morgan fingerprint density at radius 2 is 1.87 bits per heavy atom. The Morgan fingerprint density at radius 3 is 2.53 bits per heavy atom. The van der Waals surface area contributed by atoms with Gasteiger partial charge in [-0.2, -0.15) is 0 Å². The maximum absolute atomic E-state index is 11.5. The molecule has 1 aliphatic carbocycles. The van der Waals surface area contributed by atoms with Crippen molar-refractivity contribution in [3.05, 3.63) is 0 Å². The summed E-state index contributed by atoms with van der Waals surface area (Å²) in [5, 5.41) is 0. The summed E-state index contributed by atoms with van der Waals surface area (Å²) in [6.07, 6.45) is 4.19. The largest absolute Gasteiger partial charge is 0.326 e. The van der Waals surface area contributed by atoms with Crippen molar-refractivity contribution in [3.8, 4) is 0 Å². The monoisotopic (exact) mass is 232 g/mol. The molecule has 88 valence electrons. The van der Waals surface area contributed by atoms with E-state index in [1.807, 2.05) is 0 Å². The lowest BCUT2D eigenvalue weighted by molar-refractivity contribution is 0.199. The van der Waals surface area contributed by atoms with Crippen LogP contribution in [0, 0.1) is 0 Å². The Kier molecular flexibility index (Phi) is 3.33. The van der Waals surface area contributed by atoms with Crippen LogP contribution in [-0.4, -0.2) is 50.0 Å². The average Bonchev–Trinajstić information content (AvgIpc) is 2.49. The molecule has 1 saturated carbocycles. The van der Waals surface area contributed by atoms with Crippen LogP contribution in [0.3, 0.4) is 0 Å². The summed E-state index contributed by atoms with van der Waals surface area (Å²) in [4.78, 5) is 2.29. The molecule has 0 amide bonds. The van der Waals surface area contributed by atoms with Crippen LogP contribution in [0.15, 0.2) is 0 Å². The van der Waals surface area contributed by atoms with Gasteiger partial charge in [0.05, 0.1) is 11.5 Å². The predicted octanol–water partition coefficient (Wildman–Crippen LogP) is -0.0133. The summed E-state index contributed by atoms with van der Waals surface area (Å²) in [6.45, 7) is 1.58. The molecule has 1 heterocycles. The number of nitrogens with zero attached hydrogens (tertiary/aromatic N) is 1. The fourth-order valence-corrected chi connectivity index (χ4v) is 4.00. The smallest absolute Gasteiger partial charge is 0.151 e. The molecule has 0 aromatic rings. The van der Waals surface area contributed by atoms with Gasteiger partial charge in [0.2, 0.25) is 0 Å². The van der Waals surface area contributed by atoms with Gasteiger partial charge in [-0.25, -0.2) is 8.42 Å². The SMILES string of the molecule is NC1CCCC1N1CCCS(=O)(=O)CC1. The van der Waals surface area contributed by atoms with Gasteiger partial charge >= 0.3 is 0 Å². The van der Waals surface area contributed by atoms with Gasteiger partial charge in [0.15, 0.2) is 9.84 Å². The standard InChI is InChI=1S/C10H20N2O2S/c11-9-3-1-4-10(9)12-5-2-7-15(13,14)8-6-12/h9-10H,1-8,11H2. The first-order valence-electron chi connectivity index (χ1n) is 5.78. The first-order valence-corrected chi connectivity index (χ1v) is 7.61. The van der Waals surface area contributed by atoms with Gasteiger partial charge in [0, 0.05) is 18.6 Å². The highest BCUT2D eigenvalue weighted by molar-refractivity contribution is 7.91. The maximum atomic E-state index is 11.5. The molecule has 2 rings (SSSR count). The van der Waals surface area contributed by atoms with Crippen molar-refractivity contribution < 1.29 is 8.42 Å². The second-order valence-corrected chi connectivity index (χ2v) is 7.01. The summed E-state index contributed by atoms with van der Waals surface area (Å²) in [6, 6.07) is 0.684. The molecule has 5 heteroatoms. The molecule has 2 unspecified atom stereocenters. The molecule has 0 radical (unpaired) electrons. The van der Waals surface area contributed by atoms with Crippen molar-refractivity contribution in [1.29, 1.82) is 0 Å². The van der Waals surface area contributed by atoms with Crippen molar-refractivity contribution in [2.45, 2.75) is 37.8 Å². The second-order valence-electron chi connectivity index (χ2n) is 4.70. The van der Waals surface area contributed by atoms with Gasteiger partial charge in [-0.05, 0) is 25.8 Å². The number of sulfone groups is 1. The van der Waals surface area contributed by atoms with Crippen molar-refractivity contribution in [2.75, 3.05) is 24.6 Å². The molecule has 0 aromatic heterocycles. The molecule has 2 atom stereocenters. The average molecular weight is 232 g/mol. The molecule has 1 aliphatic heterocycles. The van der Waals surface area contributed by atoms with E-state index in [0.717, 1.165) is 25.8 Å². The topological polar surface area (TPSA) is 63.4 Å². The summed E-state index contributed by atoms with van der Waals surface area (Å²) in [5.41, 5.74) is 6.04. The van der Waals surface area contributed by atoms with Crippen LogP contribution in [0.1, 0.15) is 25.7 Å². The Bertz CT molecular complexity index is 315. The fraction of sp³-hybridized carbons (Fsp3) is 1.00. The summed E-state index contributed by atoms with van der Waals surface area (Å²) >= 11 is 0. The van der Waals surface area contributed by atoms with Crippen LogP contribution in [0.25, 0.3) is 0 Å². The number of hydrogen-bond acceptors (Lipinski definition) is 4. The number of nitrogens with two attached hydrogens (primary N) is 1. The van der Waals surface area contributed by atoms with E-state index in [-0.39, 0.29) is 6.04 Å². The molecule has 0 spiro atoms. The Hall–Kier alpha value is -0.130. The molecular formula is C10H20N2O2S. The van der Waals surface area contributed by atoms with E-state index in [4.69, 9.17) is 5.73 Å². The molecular weight excluding hydrogens is 212 g/mol. The van der Waals surface area contributed by atoms with Gasteiger partial charge in [0.25, 0.3) is 0 Å². The maximum Gasteiger partial charge on any atom is 0.151 e. The van der Waals surface area contributed by atoms with E-state index in [9.17, 15) is 8.42 Å². The normalized spacial score (nSPS) is 37.7. The number of rotatable bonds is 1. The zero-order valence-electron chi connectivity index (χ0n) is 9.06. The molecule has 2 fully saturated rings. The van der Waals surface area contributed by atoms with Crippen LogP contribution < -0.4 is 5.73 Å². The molecule has 2 N–H and O–H groups in total. The van der Waals surface area contributed by atoms with E-state index in [0.29, 0.717) is 24.1 Å². The zero-order valence-corrected chi connectivity index (χ0v) is 9.88. The first-order chi connectivity index (χ1) is 7.08. The van der Waals surface area contributed by atoms with Crippen molar-refractivity contribution in [1.82, 2.24) is 4.90 Å². The lowest BCUT2D eigenvalue weighted by Crippen LogP contribution is -2.45. The first kappa shape index (κ1) is 11.4. The summed E-state index contributed by atoms with van der Waals surface area (Å²) in [5.74, 6) is 0.668. The van der Waals surface area contributed by atoms with Crippen LogP contribution in [0.5, 0.6) is 0 Å². The summed E-state index contributed by atoms with van der Waals surface area (Å²) < 4.78 is 22.9. The van der Waals surface area contributed by atoms with Crippen LogP contribution in [-0.2, 0) is 9.84 Å². The molecule has 0 aromatic carbocycles. The minimum Gasteiger partial charge on any atom is -0.326 e. The van der Waals surface area contributed by atoms with Gasteiger partial charge < -0.3 is 5.73 Å². The quantitative estimate of drug-likeness (QED) is 0.690. The molecule has 15 heavy (non-hydrogen) atoms. The van der Waals surface area contributed by atoms with Crippen molar-refractivity contribution in [3.63, 3.8) is 0 Å². The summed E-state index contributed by atoms with van der Waals surface area (Å²) in [7, 11) is -2.78. The second kappa shape index (κ2) is 4.39. The van der Waals surface area contributed by atoms with Crippen molar-refractivity contribution in [2.24, 2.45) is 5.73 Å². The van der Waals surface area contributed by atoms with E-state index in [1.165, 1.54) is 6.42 Å². The van der Waals surface area contributed by atoms with Gasteiger partial charge in [-0.15, -0.1) is 0 Å². The Morgan fingerprint density at radius 1 is 1.07 bits per heavy atom. The van der Waals surface area contributed by atoms with E-state index < -0.39 is 9.84 Å².